The van der Waals surface area contributed by atoms with Gasteiger partial charge in [-0.15, -0.1) is 5.10 Å². The molecule has 0 unspecified atom stereocenters. The van der Waals surface area contributed by atoms with Gasteiger partial charge in [-0.2, -0.15) is 4.98 Å². The number of amides is 1. The normalized spacial score (nSPS) is 14.8. The number of rotatable bonds is 7. The van der Waals surface area contributed by atoms with Gasteiger partial charge >= 0.3 is 5.97 Å². The van der Waals surface area contributed by atoms with Crippen molar-refractivity contribution < 1.29 is 19.1 Å². The van der Waals surface area contributed by atoms with Crippen molar-refractivity contribution in [2.24, 2.45) is 0 Å². The van der Waals surface area contributed by atoms with Crippen molar-refractivity contribution in [2.45, 2.75) is 25.3 Å². The van der Waals surface area contributed by atoms with E-state index in [9.17, 15) is 14.0 Å². The average Bonchev–Trinajstić information content (AvgIpc) is 3.16. The molecule has 3 aromatic rings. The van der Waals surface area contributed by atoms with Crippen LogP contribution in [0.3, 0.4) is 0 Å². The van der Waals surface area contributed by atoms with Crippen LogP contribution in [-0.4, -0.2) is 31.7 Å². The van der Waals surface area contributed by atoms with E-state index in [1.165, 1.54) is 12.1 Å². The van der Waals surface area contributed by atoms with Gasteiger partial charge in [-0.3, -0.25) is 14.9 Å². The Labute approximate surface area is 187 Å². The second kappa shape index (κ2) is 9.19. The van der Waals surface area contributed by atoms with Crippen LogP contribution < -0.4 is 10.6 Å². The van der Waals surface area contributed by atoms with Crippen LogP contribution in [0.1, 0.15) is 36.4 Å². The number of fused-ring (bicyclic) bond motifs is 1. The summed E-state index contributed by atoms with van der Waals surface area (Å²) >= 11 is 6.00. The van der Waals surface area contributed by atoms with Crippen molar-refractivity contribution in [3.63, 3.8) is 0 Å². The van der Waals surface area contributed by atoms with Crippen LogP contribution in [-0.2, 0) is 9.59 Å². The molecule has 0 radical (unpaired) electrons. The summed E-state index contributed by atoms with van der Waals surface area (Å²) in [5, 5.41) is 19.5. The molecule has 0 bridgehead atoms. The van der Waals surface area contributed by atoms with E-state index in [4.69, 9.17) is 16.7 Å². The van der Waals surface area contributed by atoms with Crippen LogP contribution in [0, 0.1) is 5.82 Å². The number of carboxylic acids is 1. The summed E-state index contributed by atoms with van der Waals surface area (Å²) in [5.41, 5.74) is 2.41. The molecule has 8 nitrogen and oxygen atoms in total. The van der Waals surface area contributed by atoms with Crippen LogP contribution >= 0.6 is 11.6 Å². The third-order valence-electron chi connectivity index (χ3n) is 4.88. The lowest BCUT2D eigenvalue weighted by molar-refractivity contribution is -0.137. The van der Waals surface area contributed by atoms with Crippen LogP contribution in [0.5, 0.6) is 0 Å². The number of halogens is 2. The van der Waals surface area contributed by atoms with Crippen molar-refractivity contribution in [2.75, 3.05) is 10.6 Å². The molecule has 0 aliphatic carbocycles. The van der Waals surface area contributed by atoms with Crippen molar-refractivity contribution in [3.8, 4) is 0 Å². The van der Waals surface area contributed by atoms with Crippen molar-refractivity contribution in [3.05, 3.63) is 76.6 Å². The summed E-state index contributed by atoms with van der Waals surface area (Å²) < 4.78 is 15.1. The summed E-state index contributed by atoms with van der Waals surface area (Å²) in [6.07, 6.45) is 2.09. The number of aliphatic carboxylic acids is 1. The minimum absolute atomic E-state index is 0.0409. The van der Waals surface area contributed by atoms with Crippen molar-refractivity contribution in [1.82, 2.24) is 14.8 Å². The molecule has 0 saturated carbocycles. The van der Waals surface area contributed by atoms with Gasteiger partial charge in [0.15, 0.2) is 0 Å². The first-order valence-corrected chi connectivity index (χ1v) is 10.3. The van der Waals surface area contributed by atoms with Gasteiger partial charge in [0.1, 0.15) is 11.9 Å². The molecular weight excluding hydrogens is 437 g/mol. The van der Waals surface area contributed by atoms with E-state index >= 15 is 0 Å². The third kappa shape index (κ3) is 4.94. The third-order valence-corrected chi connectivity index (χ3v) is 5.13. The van der Waals surface area contributed by atoms with Gasteiger partial charge in [-0.05, 0) is 47.9 Å². The predicted molar refractivity (Wildman–Crippen MR) is 118 cm³/mol. The maximum atomic E-state index is 13.5. The molecule has 0 spiro atoms. The smallest absolute Gasteiger partial charge is 0.303 e. The number of nitrogens with zero attached hydrogens (tertiary/aromatic N) is 3. The Balaban J connectivity index is 1.62. The lowest BCUT2D eigenvalue weighted by Gasteiger charge is -2.24. The molecule has 3 N–H and O–H groups in total. The monoisotopic (exact) mass is 455 g/mol. The zero-order chi connectivity index (χ0) is 22.7. The Morgan fingerprint density at radius 1 is 1.12 bits per heavy atom. The first-order chi connectivity index (χ1) is 15.4. The average molecular weight is 456 g/mol. The molecule has 1 aromatic heterocycles. The van der Waals surface area contributed by atoms with Crippen molar-refractivity contribution in [1.29, 1.82) is 0 Å². The van der Waals surface area contributed by atoms with E-state index in [0.29, 0.717) is 11.0 Å². The van der Waals surface area contributed by atoms with E-state index in [1.54, 1.807) is 28.9 Å². The van der Waals surface area contributed by atoms with E-state index in [0.717, 1.165) is 16.8 Å². The number of hydrogen-bond acceptors (Lipinski definition) is 5. The van der Waals surface area contributed by atoms with Crippen molar-refractivity contribution >= 4 is 41.1 Å². The highest BCUT2D eigenvalue weighted by Gasteiger charge is 2.26. The van der Waals surface area contributed by atoms with E-state index in [2.05, 4.69) is 20.7 Å². The van der Waals surface area contributed by atoms with Gasteiger partial charge in [0.25, 0.3) is 5.95 Å². The molecule has 32 heavy (non-hydrogen) atoms. The molecule has 1 atom stereocenters. The first-order valence-electron chi connectivity index (χ1n) is 9.87. The number of benzene rings is 2. The summed E-state index contributed by atoms with van der Waals surface area (Å²) in [6.45, 7) is 0. The minimum atomic E-state index is -0.958. The lowest BCUT2D eigenvalue weighted by Crippen LogP contribution is -2.20. The van der Waals surface area contributed by atoms with Gasteiger partial charge in [-0.25, -0.2) is 9.07 Å². The standard InChI is InChI=1S/C22H19ClFN5O3/c23-15-8-4-13(5-9-15)17-12-18(14-6-10-16(24)11-7-14)29-22(25-17)27-21(28-29)26-19(30)2-1-3-20(31)32/h4-12,18H,1-3H2,(H,31,32)(H2,25,26,27,28,30)/t18-/m0/s1. The van der Waals surface area contributed by atoms with Crippen LogP contribution in [0.2, 0.25) is 5.02 Å². The number of aromatic nitrogens is 3. The zero-order valence-electron chi connectivity index (χ0n) is 16.8. The molecule has 1 aliphatic heterocycles. The van der Waals surface area contributed by atoms with Gasteiger partial charge in [-0.1, -0.05) is 35.9 Å². The number of anilines is 2. The fraction of sp³-hybridized carbons (Fsp3) is 0.182. The quantitative estimate of drug-likeness (QED) is 0.489. The molecule has 1 aliphatic rings. The number of carbonyl (C=O) groups is 2. The van der Waals surface area contributed by atoms with Gasteiger partial charge in [0.2, 0.25) is 11.9 Å². The number of allylic oxidation sites excluding steroid dienone is 1. The van der Waals surface area contributed by atoms with E-state index in [1.807, 2.05) is 18.2 Å². The lowest BCUT2D eigenvalue weighted by atomic mass is 10.0. The fourth-order valence-electron chi connectivity index (χ4n) is 3.33. The largest absolute Gasteiger partial charge is 0.481 e. The molecule has 2 heterocycles. The molecule has 164 valence electrons. The highest BCUT2D eigenvalue weighted by atomic mass is 35.5. The highest BCUT2D eigenvalue weighted by molar-refractivity contribution is 6.30. The van der Waals surface area contributed by atoms with Crippen LogP contribution in [0.4, 0.5) is 16.3 Å². The zero-order valence-corrected chi connectivity index (χ0v) is 17.5. The molecule has 4 rings (SSSR count). The van der Waals surface area contributed by atoms with Crippen LogP contribution in [0.15, 0.2) is 54.6 Å². The van der Waals surface area contributed by atoms with Gasteiger partial charge < -0.3 is 10.4 Å². The number of nitrogens with one attached hydrogen (secondary N) is 2. The fourth-order valence-corrected chi connectivity index (χ4v) is 3.45. The SMILES string of the molecule is O=C(O)CCCC(=O)Nc1nc2n(n1)[C@H](c1ccc(F)cc1)C=C(c1ccc(Cl)cc1)N2. The Bertz CT molecular complexity index is 1180. The molecule has 1 amide bonds. The Hall–Kier alpha value is -3.72. The summed E-state index contributed by atoms with van der Waals surface area (Å²) in [4.78, 5) is 27.1. The number of hydrogen-bond donors (Lipinski definition) is 3. The van der Waals surface area contributed by atoms with Gasteiger partial charge in [0.05, 0.1) is 0 Å². The summed E-state index contributed by atoms with van der Waals surface area (Å²) in [7, 11) is 0. The molecule has 0 fully saturated rings. The minimum Gasteiger partial charge on any atom is -0.481 e. The van der Waals surface area contributed by atoms with Crippen LogP contribution in [0.25, 0.3) is 5.70 Å². The summed E-state index contributed by atoms with van der Waals surface area (Å²) in [6, 6.07) is 12.9. The van der Waals surface area contributed by atoms with E-state index in [-0.39, 0.29) is 36.9 Å². The second-order valence-electron chi connectivity index (χ2n) is 7.21. The predicted octanol–water partition coefficient (Wildman–Crippen LogP) is 4.32. The topological polar surface area (TPSA) is 109 Å². The maximum Gasteiger partial charge on any atom is 0.303 e. The molecule has 2 aromatic carbocycles. The number of carbonyl (C=O) groups excluding carboxylic acids is 1. The molecular formula is C22H19ClFN5O3. The Morgan fingerprint density at radius 3 is 2.53 bits per heavy atom. The second-order valence-corrected chi connectivity index (χ2v) is 7.64. The summed E-state index contributed by atoms with van der Waals surface area (Å²) in [5.74, 6) is -1.20. The first kappa shape index (κ1) is 21.5. The maximum absolute atomic E-state index is 13.5. The number of carboxylic acid groups (broad SMARTS) is 1. The van der Waals surface area contributed by atoms with E-state index < -0.39 is 12.0 Å². The Kier molecular flexibility index (Phi) is 6.18. The van der Waals surface area contributed by atoms with Gasteiger partial charge in [0, 0.05) is 23.6 Å². The Morgan fingerprint density at radius 2 is 1.84 bits per heavy atom. The highest BCUT2D eigenvalue weighted by Crippen LogP contribution is 2.33. The molecule has 0 saturated heterocycles. The molecule has 10 heteroatoms.